The third-order valence-corrected chi connectivity index (χ3v) is 7.57. The van der Waals surface area contributed by atoms with Crippen molar-refractivity contribution in [2.45, 2.75) is 44.1 Å². The van der Waals surface area contributed by atoms with Crippen LogP contribution in [-0.2, 0) is 15.6 Å². The molecule has 1 aliphatic rings. The van der Waals surface area contributed by atoms with E-state index in [1.165, 1.54) is 5.56 Å². The molecule has 1 aliphatic carbocycles. The molecule has 1 aromatic heterocycles. The minimum atomic E-state index is -3.44. The second-order valence-corrected chi connectivity index (χ2v) is 9.81. The second-order valence-electron chi connectivity index (χ2n) is 8.27. The fourth-order valence-electron chi connectivity index (χ4n) is 4.61. The normalized spacial score (nSPS) is 21.8. The van der Waals surface area contributed by atoms with Crippen molar-refractivity contribution in [3.8, 4) is 0 Å². The molecular weight excluding hydrogens is 408 g/mol. The molecule has 0 spiro atoms. The van der Waals surface area contributed by atoms with E-state index in [-0.39, 0.29) is 11.5 Å². The Hall–Kier alpha value is -2.48. The van der Waals surface area contributed by atoms with Gasteiger partial charge in [-0.15, -0.1) is 0 Å². The van der Waals surface area contributed by atoms with E-state index in [0.29, 0.717) is 6.54 Å². The fraction of sp³-hybridized carbons (Fsp3) is 0.375. The van der Waals surface area contributed by atoms with Crippen molar-refractivity contribution in [1.29, 1.82) is 0 Å². The summed E-state index contributed by atoms with van der Waals surface area (Å²) >= 11 is 0. The van der Waals surface area contributed by atoms with Gasteiger partial charge in [0, 0.05) is 36.1 Å². The summed E-state index contributed by atoms with van der Waals surface area (Å²) in [6, 6.07) is 20.8. The zero-order chi connectivity index (χ0) is 21.7. The van der Waals surface area contributed by atoms with Crippen LogP contribution in [-0.4, -0.2) is 32.5 Å². The van der Waals surface area contributed by atoms with E-state index < -0.39 is 10.2 Å². The van der Waals surface area contributed by atoms with Crippen LogP contribution in [0.4, 0.5) is 5.82 Å². The van der Waals surface area contributed by atoms with E-state index in [0.717, 1.165) is 48.8 Å². The maximum Gasteiger partial charge on any atom is 0.277 e. The Morgan fingerprint density at radius 2 is 1.71 bits per heavy atom. The standard InChI is InChI=1S/C24H30N4O2S/c1-2-27-31(29,30)28-21-12-15-24(16-13-21,20-9-4-3-5-10-20)18-26-23-22-11-7-6-8-19(22)14-17-25-23/h3-11,14,17,21,27-28H,2,12-13,15-16,18H2,1H3,(H,25,26)/t21-,24-. The lowest BCUT2D eigenvalue weighted by molar-refractivity contribution is 0.272. The molecular formula is C24H30N4O2S. The maximum atomic E-state index is 12.1. The number of hydrogen-bond acceptors (Lipinski definition) is 4. The molecule has 1 heterocycles. The molecule has 7 heteroatoms. The van der Waals surface area contributed by atoms with Gasteiger partial charge in [-0.2, -0.15) is 13.1 Å². The molecule has 6 nitrogen and oxygen atoms in total. The lowest BCUT2D eigenvalue weighted by Crippen LogP contribution is -2.48. The monoisotopic (exact) mass is 438 g/mol. The molecule has 0 aliphatic heterocycles. The number of pyridine rings is 1. The number of aromatic nitrogens is 1. The Morgan fingerprint density at radius 3 is 2.45 bits per heavy atom. The molecule has 1 saturated carbocycles. The van der Waals surface area contributed by atoms with Crippen molar-refractivity contribution in [2.75, 3.05) is 18.4 Å². The summed E-state index contributed by atoms with van der Waals surface area (Å²) in [4.78, 5) is 4.59. The number of nitrogens with one attached hydrogen (secondary N) is 3. The average Bonchev–Trinajstić information content (AvgIpc) is 2.79. The van der Waals surface area contributed by atoms with Gasteiger partial charge < -0.3 is 5.32 Å². The first-order chi connectivity index (χ1) is 15.0. The first-order valence-corrected chi connectivity index (χ1v) is 12.4. The Labute approximate surface area is 184 Å². The highest BCUT2D eigenvalue weighted by Gasteiger charge is 2.37. The van der Waals surface area contributed by atoms with E-state index in [1.54, 1.807) is 6.92 Å². The highest BCUT2D eigenvalue weighted by atomic mass is 32.2. The number of hydrogen-bond donors (Lipinski definition) is 3. The van der Waals surface area contributed by atoms with Gasteiger partial charge in [0.15, 0.2) is 0 Å². The lowest BCUT2D eigenvalue weighted by atomic mass is 9.68. The molecule has 1 fully saturated rings. The van der Waals surface area contributed by atoms with Crippen LogP contribution in [0.2, 0.25) is 0 Å². The second kappa shape index (κ2) is 9.34. The topological polar surface area (TPSA) is 83.1 Å². The Morgan fingerprint density at radius 1 is 1.00 bits per heavy atom. The van der Waals surface area contributed by atoms with Gasteiger partial charge in [-0.05, 0) is 42.7 Å². The quantitative estimate of drug-likeness (QED) is 0.497. The van der Waals surface area contributed by atoms with Gasteiger partial charge in [0.2, 0.25) is 0 Å². The maximum absolute atomic E-state index is 12.1. The molecule has 2 aromatic carbocycles. The summed E-state index contributed by atoms with van der Waals surface area (Å²) in [6.45, 7) is 2.93. The third-order valence-electron chi connectivity index (χ3n) is 6.25. The molecule has 0 atom stereocenters. The summed E-state index contributed by atoms with van der Waals surface area (Å²) in [5, 5.41) is 5.89. The number of fused-ring (bicyclic) bond motifs is 1. The molecule has 0 amide bonds. The van der Waals surface area contributed by atoms with Gasteiger partial charge >= 0.3 is 0 Å². The van der Waals surface area contributed by atoms with Crippen LogP contribution in [0.5, 0.6) is 0 Å². The average molecular weight is 439 g/mol. The van der Waals surface area contributed by atoms with E-state index in [1.807, 2.05) is 30.5 Å². The zero-order valence-electron chi connectivity index (χ0n) is 17.8. The summed E-state index contributed by atoms with van der Waals surface area (Å²) in [5.41, 5.74) is 1.22. The first kappa shape index (κ1) is 21.7. The van der Waals surface area contributed by atoms with Crippen LogP contribution in [0.25, 0.3) is 10.8 Å². The molecule has 0 bridgehead atoms. The Balaban J connectivity index is 1.53. The molecule has 164 valence electrons. The Bertz CT molecular complexity index is 1110. The van der Waals surface area contributed by atoms with Crippen molar-refractivity contribution in [3.63, 3.8) is 0 Å². The zero-order valence-corrected chi connectivity index (χ0v) is 18.7. The third kappa shape index (κ3) is 5.06. The summed E-state index contributed by atoms with van der Waals surface area (Å²) < 4.78 is 29.6. The lowest BCUT2D eigenvalue weighted by Gasteiger charge is -2.41. The van der Waals surface area contributed by atoms with Gasteiger partial charge in [0.1, 0.15) is 5.82 Å². The van der Waals surface area contributed by atoms with Crippen molar-refractivity contribution in [3.05, 3.63) is 72.4 Å². The molecule has 3 N–H and O–H groups in total. The van der Waals surface area contributed by atoms with Gasteiger partial charge in [0.05, 0.1) is 0 Å². The Kier molecular flexibility index (Phi) is 6.55. The van der Waals surface area contributed by atoms with Crippen molar-refractivity contribution < 1.29 is 8.42 Å². The molecule has 0 saturated heterocycles. The molecule has 31 heavy (non-hydrogen) atoms. The van der Waals surface area contributed by atoms with Crippen LogP contribution in [0, 0.1) is 0 Å². The van der Waals surface area contributed by atoms with E-state index >= 15 is 0 Å². The number of nitrogens with zero attached hydrogens (tertiary/aromatic N) is 1. The highest BCUT2D eigenvalue weighted by Crippen LogP contribution is 2.40. The van der Waals surface area contributed by atoms with Crippen LogP contribution in [0.1, 0.15) is 38.2 Å². The highest BCUT2D eigenvalue weighted by molar-refractivity contribution is 7.87. The smallest absolute Gasteiger partial charge is 0.277 e. The number of rotatable bonds is 8. The van der Waals surface area contributed by atoms with Crippen LogP contribution >= 0.6 is 0 Å². The predicted molar refractivity (Wildman–Crippen MR) is 126 cm³/mol. The number of benzene rings is 2. The van der Waals surface area contributed by atoms with Gasteiger partial charge in [-0.3, -0.25) is 0 Å². The van der Waals surface area contributed by atoms with Crippen LogP contribution in [0.3, 0.4) is 0 Å². The van der Waals surface area contributed by atoms with Crippen LogP contribution in [0.15, 0.2) is 66.9 Å². The van der Waals surface area contributed by atoms with Crippen molar-refractivity contribution in [2.24, 2.45) is 0 Å². The molecule has 3 aromatic rings. The molecule has 0 unspecified atom stereocenters. The van der Waals surface area contributed by atoms with Gasteiger partial charge in [-0.1, -0.05) is 61.5 Å². The van der Waals surface area contributed by atoms with E-state index in [4.69, 9.17) is 0 Å². The van der Waals surface area contributed by atoms with Crippen molar-refractivity contribution in [1.82, 2.24) is 14.4 Å². The number of anilines is 1. The van der Waals surface area contributed by atoms with Crippen LogP contribution < -0.4 is 14.8 Å². The summed E-state index contributed by atoms with van der Waals surface area (Å²) in [6.07, 6.45) is 5.22. The SMILES string of the molecule is CCNS(=O)(=O)N[C@H]1CC[C@](CNc2nccc3ccccc23)(c2ccccc2)CC1. The van der Waals surface area contributed by atoms with E-state index in [2.05, 4.69) is 56.1 Å². The minimum absolute atomic E-state index is 0.0448. The summed E-state index contributed by atoms with van der Waals surface area (Å²) in [7, 11) is -3.44. The predicted octanol–water partition coefficient (Wildman–Crippen LogP) is 3.97. The first-order valence-electron chi connectivity index (χ1n) is 10.9. The molecule has 0 radical (unpaired) electrons. The largest absolute Gasteiger partial charge is 0.369 e. The van der Waals surface area contributed by atoms with Gasteiger partial charge in [-0.25, -0.2) is 9.71 Å². The van der Waals surface area contributed by atoms with E-state index in [9.17, 15) is 8.42 Å². The minimum Gasteiger partial charge on any atom is -0.369 e. The van der Waals surface area contributed by atoms with Crippen molar-refractivity contribution >= 4 is 26.8 Å². The summed E-state index contributed by atoms with van der Waals surface area (Å²) in [5.74, 6) is 0.892. The molecule has 4 rings (SSSR count). The van der Waals surface area contributed by atoms with Gasteiger partial charge in [0.25, 0.3) is 10.2 Å². The fourth-order valence-corrected chi connectivity index (χ4v) is 5.75.